The SMILES string of the molecule is Cc1ccccc1N1C(=O)C2C3c4ccccc4C(C)(c4ccccc43)C2C1=O. The van der Waals surface area contributed by atoms with E-state index in [9.17, 15) is 9.59 Å². The molecule has 0 radical (unpaired) electrons. The highest BCUT2D eigenvalue weighted by atomic mass is 16.2. The molecule has 2 unspecified atom stereocenters. The van der Waals surface area contributed by atoms with Gasteiger partial charge in [-0.05, 0) is 40.8 Å². The van der Waals surface area contributed by atoms with Crippen molar-refractivity contribution in [3.8, 4) is 0 Å². The first-order chi connectivity index (χ1) is 14.0. The lowest BCUT2D eigenvalue weighted by Gasteiger charge is -2.52. The van der Waals surface area contributed by atoms with Crippen LogP contribution in [0.2, 0.25) is 0 Å². The fourth-order valence-electron chi connectivity index (χ4n) is 6.20. The minimum atomic E-state index is -0.503. The van der Waals surface area contributed by atoms with Gasteiger partial charge in [-0.15, -0.1) is 0 Å². The van der Waals surface area contributed by atoms with Crippen molar-refractivity contribution in [1.29, 1.82) is 0 Å². The zero-order valence-corrected chi connectivity index (χ0v) is 16.4. The first-order valence-electron chi connectivity index (χ1n) is 10.2. The van der Waals surface area contributed by atoms with E-state index in [2.05, 4.69) is 31.2 Å². The Morgan fingerprint density at radius 3 is 1.93 bits per heavy atom. The average molecular weight is 379 g/mol. The molecule has 3 aliphatic carbocycles. The molecule has 1 aliphatic heterocycles. The van der Waals surface area contributed by atoms with Gasteiger partial charge in [-0.25, -0.2) is 4.90 Å². The Hall–Kier alpha value is -3.20. The standard InChI is InChI=1S/C26H21NO2/c1-15-9-3-8-14-20(15)27-24(28)22-21-16-10-4-6-12-18(16)26(2,23(22)25(27)29)19-13-7-5-11-17(19)21/h3-14,21-23H,1-2H3. The Morgan fingerprint density at radius 1 is 0.759 bits per heavy atom. The van der Waals surface area contributed by atoms with Gasteiger partial charge in [0, 0.05) is 11.3 Å². The number of benzene rings is 3. The van der Waals surface area contributed by atoms with Gasteiger partial charge < -0.3 is 0 Å². The highest BCUT2D eigenvalue weighted by Crippen LogP contribution is 2.64. The zero-order chi connectivity index (χ0) is 19.9. The fourth-order valence-corrected chi connectivity index (χ4v) is 6.20. The number of anilines is 1. The molecule has 3 aromatic rings. The molecule has 3 nitrogen and oxygen atoms in total. The molecule has 0 saturated carbocycles. The topological polar surface area (TPSA) is 37.4 Å². The number of hydrogen-bond acceptors (Lipinski definition) is 2. The fraction of sp³-hybridized carbons (Fsp3) is 0.231. The summed E-state index contributed by atoms with van der Waals surface area (Å²) in [6.45, 7) is 4.11. The summed E-state index contributed by atoms with van der Waals surface area (Å²) in [5.41, 5.74) is 5.94. The molecule has 142 valence electrons. The molecule has 2 atom stereocenters. The lowest BCUT2D eigenvalue weighted by Crippen LogP contribution is -2.51. The van der Waals surface area contributed by atoms with Gasteiger partial charge in [0.25, 0.3) is 0 Å². The van der Waals surface area contributed by atoms with E-state index in [4.69, 9.17) is 0 Å². The molecule has 1 heterocycles. The number of aryl methyl sites for hydroxylation is 1. The van der Waals surface area contributed by atoms with Crippen LogP contribution in [0, 0.1) is 18.8 Å². The van der Waals surface area contributed by atoms with Crippen LogP contribution in [0.4, 0.5) is 5.69 Å². The Labute approximate surface area is 170 Å². The summed E-state index contributed by atoms with van der Waals surface area (Å²) in [5.74, 6) is -0.915. The summed E-state index contributed by atoms with van der Waals surface area (Å²) in [6.07, 6.45) is 0. The van der Waals surface area contributed by atoms with Gasteiger partial charge in [-0.2, -0.15) is 0 Å². The second kappa shape index (κ2) is 5.44. The van der Waals surface area contributed by atoms with E-state index in [1.807, 2.05) is 55.5 Å². The molecule has 0 N–H and O–H groups in total. The van der Waals surface area contributed by atoms with Crippen LogP contribution >= 0.6 is 0 Å². The van der Waals surface area contributed by atoms with Gasteiger partial charge >= 0.3 is 0 Å². The third kappa shape index (κ3) is 1.84. The summed E-state index contributed by atoms with van der Waals surface area (Å²) in [7, 11) is 0. The van der Waals surface area contributed by atoms with Crippen molar-refractivity contribution in [2.45, 2.75) is 25.2 Å². The largest absolute Gasteiger partial charge is 0.274 e. The number of para-hydroxylation sites is 1. The van der Waals surface area contributed by atoms with E-state index in [1.165, 1.54) is 27.2 Å². The zero-order valence-electron chi connectivity index (χ0n) is 16.4. The second-order valence-electron chi connectivity index (χ2n) is 8.66. The Balaban J connectivity index is 1.64. The van der Waals surface area contributed by atoms with Crippen LogP contribution in [0.1, 0.15) is 40.7 Å². The molecule has 7 rings (SSSR count). The van der Waals surface area contributed by atoms with Crippen LogP contribution in [0.25, 0.3) is 0 Å². The van der Waals surface area contributed by atoms with Crippen molar-refractivity contribution in [2.24, 2.45) is 11.8 Å². The maximum absolute atomic E-state index is 13.8. The first-order valence-corrected chi connectivity index (χ1v) is 10.2. The highest BCUT2D eigenvalue weighted by Gasteiger charge is 2.66. The van der Waals surface area contributed by atoms with E-state index >= 15 is 0 Å². The van der Waals surface area contributed by atoms with E-state index in [0.717, 1.165) is 5.56 Å². The number of imide groups is 1. The first kappa shape index (κ1) is 16.7. The molecule has 0 aromatic heterocycles. The molecule has 3 aromatic carbocycles. The van der Waals surface area contributed by atoms with Gasteiger partial charge in [0.05, 0.1) is 17.5 Å². The summed E-state index contributed by atoms with van der Waals surface area (Å²) in [4.78, 5) is 29.0. The molecule has 2 amide bonds. The van der Waals surface area contributed by atoms with Crippen LogP contribution < -0.4 is 4.90 Å². The molecule has 0 spiro atoms. The van der Waals surface area contributed by atoms with Crippen molar-refractivity contribution in [3.63, 3.8) is 0 Å². The predicted molar refractivity (Wildman–Crippen MR) is 112 cm³/mol. The molecule has 3 heteroatoms. The molecular formula is C26H21NO2. The normalized spacial score (nSPS) is 28.9. The minimum absolute atomic E-state index is 0.0606. The predicted octanol–water partition coefficient (Wildman–Crippen LogP) is 4.57. The van der Waals surface area contributed by atoms with Crippen molar-refractivity contribution < 1.29 is 9.59 Å². The summed E-state index contributed by atoms with van der Waals surface area (Å²) >= 11 is 0. The Morgan fingerprint density at radius 2 is 1.31 bits per heavy atom. The molecular weight excluding hydrogens is 358 g/mol. The van der Waals surface area contributed by atoms with E-state index < -0.39 is 5.41 Å². The number of rotatable bonds is 1. The molecule has 29 heavy (non-hydrogen) atoms. The van der Waals surface area contributed by atoms with Gasteiger partial charge in [-0.1, -0.05) is 73.7 Å². The second-order valence-corrected chi connectivity index (χ2v) is 8.66. The van der Waals surface area contributed by atoms with Crippen LogP contribution in [-0.2, 0) is 15.0 Å². The summed E-state index contributed by atoms with van der Waals surface area (Å²) in [5, 5.41) is 0. The molecule has 1 fully saturated rings. The van der Waals surface area contributed by atoms with E-state index in [-0.39, 0.29) is 29.6 Å². The number of hydrogen-bond donors (Lipinski definition) is 0. The van der Waals surface area contributed by atoms with Crippen LogP contribution in [0.5, 0.6) is 0 Å². The lowest BCUT2D eigenvalue weighted by atomic mass is 9.48. The quantitative estimate of drug-likeness (QED) is 0.581. The van der Waals surface area contributed by atoms with Gasteiger partial charge in [0.15, 0.2) is 0 Å². The van der Waals surface area contributed by atoms with Crippen molar-refractivity contribution in [3.05, 3.63) is 101 Å². The maximum atomic E-state index is 13.8. The van der Waals surface area contributed by atoms with Gasteiger partial charge in [0.1, 0.15) is 0 Å². The molecule has 4 aliphatic rings. The third-order valence-electron chi connectivity index (χ3n) is 7.40. The number of amides is 2. The van der Waals surface area contributed by atoms with Crippen LogP contribution in [-0.4, -0.2) is 11.8 Å². The number of nitrogens with zero attached hydrogens (tertiary/aromatic N) is 1. The third-order valence-corrected chi connectivity index (χ3v) is 7.40. The Bertz CT molecular complexity index is 1160. The van der Waals surface area contributed by atoms with E-state index in [1.54, 1.807) is 0 Å². The lowest BCUT2D eigenvalue weighted by molar-refractivity contribution is -0.123. The van der Waals surface area contributed by atoms with Gasteiger partial charge in [-0.3, -0.25) is 9.59 Å². The van der Waals surface area contributed by atoms with E-state index in [0.29, 0.717) is 5.69 Å². The van der Waals surface area contributed by atoms with Crippen LogP contribution in [0.3, 0.4) is 0 Å². The smallest absolute Gasteiger partial charge is 0.238 e. The molecule has 1 saturated heterocycles. The monoisotopic (exact) mass is 379 g/mol. The van der Waals surface area contributed by atoms with Crippen molar-refractivity contribution >= 4 is 17.5 Å². The summed E-state index contributed by atoms with van der Waals surface area (Å²) in [6, 6.07) is 24.4. The van der Waals surface area contributed by atoms with Crippen molar-refractivity contribution in [1.82, 2.24) is 0 Å². The van der Waals surface area contributed by atoms with Crippen molar-refractivity contribution in [2.75, 3.05) is 4.90 Å². The average Bonchev–Trinajstić information content (AvgIpc) is 3.01. The Kier molecular flexibility index (Phi) is 3.14. The maximum Gasteiger partial charge on any atom is 0.238 e. The van der Waals surface area contributed by atoms with Gasteiger partial charge in [0.2, 0.25) is 11.8 Å². The van der Waals surface area contributed by atoms with Crippen LogP contribution in [0.15, 0.2) is 72.8 Å². The molecule has 2 bridgehead atoms. The highest BCUT2D eigenvalue weighted by molar-refractivity contribution is 6.24. The summed E-state index contributed by atoms with van der Waals surface area (Å²) < 4.78 is 0. The number of carbonyl (C=O) groups excluding carboxylic acids is 2. The number of carbonyl (C=O) groups is 2. The minimum Gasteiger partial charge on any atom is -0.274 e.